The van der Waals surface area contributed by atoms with Crippen molar-refractivity contribution in [2.24, 2.45) is 4.99 Å². The zero-order chi connectivity index (χ0) is 18.4. The third-order valence-electron chi connectivity index (χ3n) is 5.56. The molecule has 1 aromatic rings. The summed E-state index contributed by atoms with van der Waals surface area (Å²) in [6.07, 6.45) is 4.63. The molecule has 2 saturated heterocycles. The lowest BCUT2D eigenvalue weighted by molar-refractivity contribution is 0.152. The molecular formula is C21H34N4O. The molecule has 2 atom stereocenters. The lowest BCUT2D eigenvalue weighted by Crippen LogP contribution is -2.40. The van der Waals surface area contributed by atoms with Gasteiger partial charge in [-0.05, 0) is 50.8 Å². The van der Waals surface area contributed by atoms with Crippen molar-refractivity contribution in [3.8, 4) is 0 Å². The Hall–Kier alpha value is -1.59. The molecule has 2 fully saturated rings. The topological polar surface area (TPSA) is 51.1 Å². The monoisotopic (exact) mass is 358 g/mol. The summed E-state index contributed by atoms with van der Waals surface area (Å²) in [6.45, 7) is 9.78. The van der Waals surface area contributed by atoms with Crippen LogP contribution in [0, 0.1) is 0 Å². The molecule has 0 saturated carbocycles. The highest BCUT2D eigenvalue weighted by molar-refractivity contribution is 5.80. The Balaban J connectivity index is 1.57. The van der Waals surface area contributed by atoms with E-state index in [1.54, 1.807) is 0 Å². The maximum Gasteiger partial charge on any atom is 0.194 e. The van der Waals surface area contributed by atoms with Crippen LogP contribution in [0.2, 0.25) is 0 Å². The molecule has 2 aliphatic heterocycles. The Kier molecular flexibility index (Phi) is 6.92. The van der Waals surface area contributed by atoms with Crippen molar-refractivity contribution in [2.75, 3.05) is 26.2 Å². The predicted molar refractivity (Wildman–Crippen MR) is 107 cm³/mol. The van der Waals surface area contributed by atoms with Gasteiger partial charge in [-0.15, -0.1) is 0 Å². The summed E-state index contributed by atoms with van der Waals surface area (Å²) in [5.41, 5.74) is 2.62. The van der Waals surface area contributed by atoms with Crippen molar-refractivity contribution in [1.82, 2.24) is 15.1 Å². The molecule has 3 rings (SSSR count). The molecule has 144 valence electrons. The molecule has 26 heavy (non-hydrogen) atoms. The van der Waals surface area contributed by atoms with Crippen molar-refractivity contribution in [3.63, 3.8) is 0 Å². The average molecular weight is 359 g/mol. The van der Waals surface area contributed by atoms with Crippen molar-refractivity contribution < 1.29 is 5.11 Å². The lowest BCUT2D eigenvalue weighted by atomic mass is 10.0. The lowest BCUT2D eigenvalue weighted by Gasteiger charge is -2.33. The third kappa shape index (κ3) is 5.21. The van der Waals surface area contributed by atoms with Crippen molar-refractivity contribution in [3.05, 3.63) is 35.4 Å². The number of hydrogen-bond acceptors (Lipinski definition) is 3. The second-order valence-electron chi connectivity index (χ2n) is 7.69. The van der Waals surface area contributed by atoms with Gasteiger partial charge < -0.3 is 15.3 Å². The van der Waals surface area contributed by atoms with E-state index in [2.05, 4.69) is 53.2 Å². The number of hydrogen-bond donors (Lipinski definition) is 2. The van der Waals surface area contributed by atoms with Gasteiger partial charge in [-0.25, -0.2) is 4.99 Å². The third-order valence-corrected chi connectivity index (χ3v) is 5.56. The van der Waals surface area contributed by atoms with Crippen LogP contribution in [0.1, 0.15) is 50.7 Å². The minimum atomic E-state index is -0.227. The first kappa shape index (κ1) is 19.2. The maximum absolute atomic E-state index is 9.76. The Morgan fingerprint density at radius 1 is 1.15 bits per heavy atom. The fourth-order valence-corrected chi connectivity index (χ4v) is 3.90. The van der Waals surface area contributed by atoms with E-state index in [0.717, 1.165) is 32.0 Å². The number of guanidine groups is 1. The molecular weight excluding hydrogens is 324 g/mol. The first-order valence-electron chi connectivity index (χ1n) is 10.2. The number of rotatable bonds is 5. The van der Waals surface area contributed by atoms with E-state index in [4.69, 9.17) is 4.99 Å². The van der Waals surface area contributed by atoms with Crippen LogP contribution < -0.4 is 5.32 Å². The van der Waals surface area contributed by atoms with Crippen LogP contribution in [0.5, 0.6) is 0 Å². The predicted octanol–water partition coefficient (Wildman–Crippen LogP) is 2.59. The SMILES string of the molecule is CCNC(=NCc1ccc(CN2CCCCC2C)cc1)N1CC[C@@H](O)C1. The van der Waals surface area contributed by atoms with Crippen LogP contribution in [0.3, 0.4) is 0 Å². The summed E-state index contributed by atoms with van der Waals surface area (Å²) in [4.78, 5) is 9.52. The van der Waals surface area contributed by atoms with Gasteiger partial charge in [-0.1, -0.05) is 30.7 Å². The van der Waals surface area contributed by atoms with E-state index >= 15 is 0 Å². The van der Waals surface area contributed by atoms with Gasteiger partial charge in [0, 0.05) is 32.2 Å². The summed E-state index contributed by atoms with van der Waals surface area (Å²) in [5.74, 6) is 0.912. The van der Waals surface area contributed by atoms with Crippen LogP contribution in [0.4, 0.5) is 0 Å². The Morgan fingerprint density at radius 3 is 2.58 bits per heavy atom. The molecule has 5 nitrogen and oxygen atoms in total. The summed E-state index contributed by atoms with van der Waals surface area (Å²) in [5, 5.41) is 13.1. The molecule has 0 bridgehead atoms. The van der Waals surface area contributed by atoms with Gasteiger partial charge in [0.25, 0.3) is 0 Å². The van der Waals surface area contributed by atoms with E-state index < -0.39 is 0 Å². The highest BCUT2D eigenvalue weighted by Crippen LogP contribution is 2.19. The second-order valence-corrected chi connectivity index (χ2v) is 7.69. The summed E-state index contributed by atoms with van der Waals surface area (Å²) < 4.78 is 0. The Labute approximate surface area is 158 Å². The number of aliphatic hydroxyl groups is 1. The van der Waals surface area contributed by atoms with Crippen molar-refractivity contribution in [2.45, 2.75) is 64.8 Å². The van der Waals surface area contributed by atoms with Crippen LogP contribution in [-0.2, 0) is 13.1 Å². The second kappa shape index (κ2) is 9.38. The number of aliphatic hydroxyl groups excluding tert-OH is 1. The largest absolute Gasteiger partial charge is 0.391 e. The van der Waals surface area contributed by atoms with Gasteiger partial charge in [0.2, 0.25) is 0 Å². The zero-order valence-electron chi connectivity index (χ0n) is 16.3. The molecule has 0 aromatic heterocycles. The van der Waals surface area contributed by atoms with E-state index in [-0.39, 0.29) is 6.10 Å². The number of piperidine rings is 1. The van der Waals surface area contributed by atoms with E-state index in [9.17, 15) is 5.11 Å². The van der Waals surface area contributed by atoms with E-state index in [0.29, 0.717) is 19.1 Å². The fourth-order valence-electron chi connectivity index (χ4n) is 3.90. The van der Waals surface area contributed by atoms with Crippen molar-refractivity contribution >= 4 is 5.96 Å². The Bertz CT molecular complexity index is 586. The summed E-state index contributed by atoms with van der Waals surface area (Å²) in [6, 6.07) is 9.61. The van der Waals surface area contributed by atoms with Gasteiger partial charge in [0.15, 0.2) is 5.96 Å². The molecule has 0 radical (unpaired) electrons. The van der Waals surface area contributed by atoms with Gasteiger partial charge in [-0.2, -0.15) is 0 Å². The smallest absolute Gasteiger partial charge is 0.194 e. The van der Waals surface area contributed by atoms with Crippen molar-refractivity contribution in [1.29, 1.82) is 0 Å². The molecule has 2 heterocycles. The van der Waals surface area contributed by atoms with Gasteiger partial charge in [0.05, 0.1) is 12.6 Å². The number of benzene rings is 1. The van der Waals surface area contributed by atoms with E-state index in [1.807, 2.05) is 0 Å². The number of nitrogens with one attached hydrogen (secondary N) is 1. The molecule has 0 aliphatic carbocycles. The minimum Gasteiger partial charge on any atom is -0.391 e. The normalized spacial score (nSPS) is 24.9. The number of aliphatic imine (C=N–C) groups is 1. The van der Waals surface area contributed by atoms with E-state index in [1.165, 1.54) is 36.9 Å². The zero-order valence-corrected chi connectivity index (χ0v) is 16.3. The van der Waals surface area contributed by atoms with Gasteiger partial charge >= 0.3 is 0 Å². The summed E-state index contributed by atoms with van der Waals surface area (Å²) >= 11 is 0. The number of β-amino-alcohol motifs (C(OH)–C–C–N with tert-alkyl or cyclic N) is 1. The molecule has 1 aromatic carbocycles. The van der Waals surface area contributed by atoms with Crippen LogP contribution in [0.15, 0.2) is 29.3 Å². The quantitative estimate of drug-likeness (QED) is 0.627. The maximum atomic E-state index is 9.76. The molecule has 2 N–H and O–H groups in total. The molecule has 5 heteroatoms. The number of likely N-dealkylation sites (tertiary alicyclic amines) is 2. The van der Waals surface area contributed by atoms with Crippen LogP contribution in [-0.4, -0.2) is 59.2 Å². The minimum absolute atomic E-state index is 0.227. The van der Waals surface area contributed by atoms with Crippen LogP contribution >= 0.6 is 0 Å². The van der Waals surface area contributed by atoms with Crippen LogP contribution in [0.25, 0.3) is 0 Å². The highest BCUT2D eigenvalue weighted by Gasteiger charge is 2.22. The first-order chi connectivity index (χ1) is 12.7. The molecule has 0 spiro atoms. The standard InChI is InChI=1S/C21H34N4O/c1-3-22-21(25-13-11-20(26)16-25)23-14-18-7-9-19(10-8-18)15-24-12-5-4-6-17(24)2/h7-10,17,20,26H,3-6,11-16H2,1-2H3,(H,22,23)/t17?,20-/m1/s1. The number of nitrogens with zero attached hydrogens (tertiary/aromatic N) is 3. The van der Waals surface area contributed by atoms with Gasteiger partial charge in [-0.3, -0.25) is 4.90 Å². The Morgan fingerprint density at radius 2 is 1.92 bits per heavy atom. The molecule has 2 aliphatic rings. The fraction of sp³-hybridized carbons (Fsp3) is 0.667. The average Bonchev–Trinajstić information content (AvgIpc) is 3.08. The molecule has 0 amide bonds. The first-order valence-corrected chi connectivity index (χ1v) is 10.2. The molecule has 1 unspecified atom stereocenters. The summed E-state index contributed by atoms with van der Waals surface area (Å²) in [7, 11) is 0. The van der Waals surface area contributed by atoms with Gasteiger partial charge in [0.1, 0.15) is 0 Å². The highest BCUT2D eigenvalue weighted by atomic mass is 16.3.